The highest BCUT2D eigenvalue weighted by Crippen LogP contribution is 2.36. The molecule has 2 saturated carbocycles. The SMILES string of the molecule is CC(F)(F)c1csc(-c2nc(NC3CCC(F)(F)CC3)nc(NC3CCC(F)(F)CC3)n2)n1. The van der Waals surface area contributed by atoms with Crippen LogP contribution in [-0.4, -0.2) is 43.9 Å². The number of alkyl halides is 6. The van der Waals surface area contributed by atoms with Gasteiger partial charge in [0, 0.05) is 50.1 Å². The van der Waals surface area contributed by atoms with Crippen molar-refractivity contribution in [1.82, 2.24) is 19.9 Å². The molecule has 2 aromatic heterocycles. The Kier molecular flexibility index (Phi) is 6.45. The van der Waals surface area contributed by atoms with Gasteiger partial charge in [-0.25, -0.2) is 22.5 Å². The van der Waals surface area contributed by atoms with Crippen LogP contribution >= 0.6 is 11.3 Å². The fourth-order valence-electron chi connectivity index (χ4n) is 3.91. The summed E-state index contributed by atoms with van der Waals surface area (Å²) in [6.07, 6.45) is -0.153. The third-order valence-corrected chi connectivity index (χ3v) is 6.72. The summed E-state index contributed by atoms with van der Waals surface area (Å²) in [6, 6.07) is -0.569. The Morgan fingerprint density at radius 1 is 0.818 bits per heavy atom. The van der Waals surface area contributed by atoms with Crippen LogP contribution in [0.1, 0.15) is 64.0 Å². The predicted octanol–water partition coefficient (Wildman–Crippen LogP) is 6.09. The minimum Gasteiger partial charge on any atom is -0.351 e. The quantitative estimate of drug-likeness (QED) is 0.474. The van der Waals surface area contributed by atoms with E-state index in [1.807, 2.05) is 0 Å². The van der Waals surface area contributed by atoms with Crippen LogP contribution in [0.2, 0.25) is 0 Å². The van der Waals surface area contributed by atoms with Crippen molar-refractivity contribution >= 4 is 23.2 Å². The number of halogens is 6. The maximum Gasteiger partial charge on any atom is 0.287 e. The monoisotopic (exact) mass is 494 g/mol. The molecule has 0 saturated heterocycles. The van der Waals surface area contributed by atoms with Gasteiger partial charge in [0.05, 0.1) is 0 Å². The fraction of sp³-hybridized carbons (Fsp3) is 0.700. The van der Waals surface area contributed by atoms with Gasteiger partial charge in [-0.2, -0.15) is 23.7 Å². The molecule has 4 rings (SSSR count). The number of thiazole rings is 1. The summed E-state index contributed by atoms with van der Waals surface area (Å²) in [7, 11) is 0. The van der Waals surface area contributed by atoms with Gasteiger partial charge in [-0.15, -0.1) is 11.3 Å². The zero-order chi connectivity index (χ0) is 23.9. The number of rotatable bonds is 6. The van der Waals surface area contributed by atoms with Crippen LogP contribution in [0.15, 0.2) is 5.38 Å². The van der Waals surface area contributed by atoms with Crippen LogP contribution in [0.25, 0.3) is 10.8 Å². The summed E-state index contributed by atoms with van der Waals surface area (Å²) >= 11 is 0.941. The minimum atomic E-state index is -3.13. The molecule has 2 aromatic rings. The van der Waals surface area contributed by atoms with E-state index in [9.17, 15) is 26.3 Å². The van der Waals surface area contributed by atoms with Crippen LogP contribution < -0.4 is 10.6 Å². The normalized spacial score (nSPS) is 21.7. The van der Waals surface area contributed by atoms with Crippen LogP contribution in [0, 0.1) is 0 Å². The lowest BCUT2D eigenvalue weighted by molar-refractivity contribution is -0.0366. The van der Waals surface area contributed by atoms with E-state index in [-0.39, 0.29) is 86.2 Å². The molecule has 2 aliphatic carbocycles. The summed E-state index contributed by atoms with van der Waals surface area (Å²) in [5.41, 5.74) is -0.420. The second kappa shape index (κ2) is 8.88. The lowest BCUT2D eigenvalue weighted by atomic mass is 9.92. The van der Waals surface area contributed by atoms with Crippen molar-refractivity contribution in [1.29, 1.82) is 0 Å². The topological polar surface area (TPSA) is 75.6 Å². The highest BCUT2D eigenvalue weighted by atomic mass is 32.1. The van der Waals surface area contributed by atoms with Gasteiger partial charge < -0.3 is 10.6 Å². The van der Waals surface area contributed by atoms with Gasteiger partial charge in [0.2, 0.25) is 23.7 Å². The Morgan fingerprint density at radius 3 is 1.67 bits per heavy atom. The molecule has 0 aromatic carbocycles. The first-order valence-electron chi connectivity index (χ1n) is 10.8. The number of hydrogen-bond donors (Lipinski definition) is 2. The third kappa shape index (κ3) is 6.24. The second-order valence-electron chi connectivity index (χ2n) is 8.78. The average Bonchev–Trinajstić information content (AvgIpc) is 3.22. The largest absolute Gasteiger partial charge is 0.351 e. The number of nitrogens with zero attached hydrogens (tertiary/aromatic N) is 4. The van der Waals surface area contributed by atoms with Gasteiger partial charge in [-0.1, -0.05) is 0 Å². The molecule has 2 heterocycles. The number of aromatic nitrogens is 4. The summed E-state index contributed by atoms with van der Waals surface area (Å²) in [5.74, 6) is -8.29. The molecule has 0 radical (unpaired) electrons. The summed E-state index contributed by atoms with van der Waals surface area (Å²) in [6.45, 7) is 0.733. The third-order valence-electron chi connectivity index (χ3n) is 5.88. The van der Waals surface area contributed by atoms with Gasteiger partial charge in [-0.05, 0) is 25.7 Å². The van der Waals surface area contributed by atoms with E-state index in [1.165, 1.54) is 5.38 Å². The van der Waals surface area contributed by atoms with E-state index in [1.54, 1.807) is 0 Å². The molecule has 2 N–H and O–H groups in total. The Labute approximate surface area is 190 Å². The molecule has 6 nitrogen and oxygen atoms in total. The van der Waals surface area contributed by atoms with Crippen molar-refractivity contribution in [3.63, 3.8) is 0 Å². The van der Waals surface area contributed by atoms with E-state index in [0.29, 0.717) is 0 Å². The van der Waals surface area contributed by atoms with E-state index in [0.717, 1.165) is 18.3 Å². The van der Waals surface area contributed by atoms with Crippen LogP contribution in [0.5, 0.6) is 0 Å². The van der Waals surface area contributed by atoms with E-state index in [2.05, 4.69) is 30.6 Å². The first-order valence-corrected chi connectivity index (χ1v) is 11.7. The van der Waals surface area contributed by atoms with E-state index in [4.69, 9.17) is 0 Å². The van der Waals surface area contributed by atoms with Crippen molar-refractivity contribution in [2.24, 2.45) is 0 Å². The molecule has 0 atom stereocenters. The average molecular weight is 495 g/mol. The number of anilines is 2. The Morgan fingerprint density at radius 2 is 1.27 bits per heavy atom. The molecule has 0 amide bonds. The van der Waals surface area contributed by atoms with E-state index >= 15 is 0 Å². The van der Waals surface area contributed by atoms with Crippen molar-refractivity contribution in [3.05, 3.63) is 11.1 Å². The Bertz CT molecular complexity index is 910. The van der Waals surface area contributed by atoms with Crippen LogP contribution in [-0.2, 0) is 5.92 Å². The van der Waals surface area contributed by atoms with Crippen LogP contribution in [0.4, 0.5) is 38.2 Å². The van der Waals surface area contributed by atoms with Crippen molar-refractivity contribution < 1.29 is 26.3 Å². The molecule has 0 unspecified atom stereocenters. The molecule has 2 aliphatic rings. The molecule has 13 heteroatoms. The molecule has 0 spiro atoms. The fourth-order valence-corrected chi connectivity index (χ4v) is 4.74. The van der Waals surface area contributed by atoms with Gasteiger partial charge in [0.15, 0.2) is 10.8 Å². The lowest BCUT2D eigenvalue weighted by Crippen LogP contribution is -2.33. The Hall–Kier alpha value is -2.18. The first-order chi connectivity index (χ1) is 15.4. The predicted molar refractivity (Wildman–Crippen MR) is 112 cm³/mol. The molecule has 2 fully saturated rings. The van der Waals surface area contributed by atoms with Gasteiger partial charge >= 0.3 is 0 Å². The highest BCUT2D eigenvalue weighted by molar-refractivity contribution is 7.13. The van der Waals surface area contributed by atoms with Gasteiger partial charge in [-0.3, -0.25) is 0 Å². The minimum absolute atomic E-state index is 0.0396. The Balaban J connectivity index is 1.57. The number of hydrogen-bond acceptors (Lipinski definition) is 7. The maximum absolute atomic E-state index is 13.6. The highest BCUT2D eigenvalue weighted by Gasteiger charge is 2.36. The summed E-state index contributed by atoms with van der Waals surface area (Å²) < 4.78 is 81.2. The van der Waals surface area contributed by atoms with Crippen molar-refractivity contribution in [2.45, 2.75) is 88.1 Å². The zero-order valence-corrected chi connectivity index (χ0v) is 18.7. The summed E-state index contributed by atoms with van der Waals surface area (Å²) in [4.78, 5) is 16.7. The van der Waals surface area contributed by atoms with Crippen molar-refractivity contribution in [3.8, 4) is 10.8 Å². The van der Waals surface area contributed by atoms with Gasteiger partial charge in [0.25, 0.3) is 5.92 Å². The summed E-state index contributed by atoms with van der Waals surface area (Å²) in [5, 5.41) is 7.42. The molecule has 33 heavy (non-hydrogen) atoms. The first kappa shape index (κ1) is 24.0. The standard InChI is InChI=1S/C20H24F6N6S/c1-18(21,22)13-10-33-15(29-13)14-30-16(27-11-2-6-19(23,24)7-3-11)32-17(31-14)28-12-4-8-20(25,26)9-5-12/h10-12H,2-9H2,1H3,(H2,27,28,30,31,32). The van der Waals surface area contributed by atoms with Crippen molar-refractivity contribution in [2.75, 3.05) is 10.6 Å². The molecular weight excluding hydrogens is 470 g/mol. The lowest BCUT2D eigenvalue weighted by Gasteiger charge is -2.29. The molecular formula is C20H24F6N6S. The zero-order valence-electron chi connectivity index (χ0n) is 17.9. The van der Waals surface area contributed by atoms with Gasteiger partial charge in [0.1, 0.15) is 5.69 Å². The maximum atomic E-state index is 13.6. The van der Waals surface area contributed by atoms with Crippen LogP contribution in [0.3, 0.4) is 0 Å². The smallest absolute Gasteiger partial charge is 0.287 e. The number of nitrogens with one attached hydrogen (secondary N) is 2. The molecule has 0 aliphatic heterocycles. The van der Waals surface area contributed by atoms with E-state index < -0.39 is 23.5 Å². The second-order valence-corrected chi connectivity index (χ2v) is 9.64. The molecule has 182 valence electrons. The molecule has 0 bridgehead atoms.